The van der Waals surface area contributed by atoms with E-state index in [4.69, 9.17) is 33.2 Å². The van der Waals surface area contributed by atoms with Gasteiger partial charge in [0.15, 0.2) is 34.5 Å². The summed E-state index contributed by atoms with van der Waals surface area (Å²) in [5.74, 6) is -8.03. The van der Waals surface area contributed by atoms with Crippen molar-refractivity contribution in [2.24, 2.45) is 68.0 Å². The van der Waals surface area contributed by atoms with E-state index in [1.165, 1.54) is 0 Å². The lowest BCUT2D eigenvalue weighted by molar-refractivity contribution is -0.528. The van der Waals surface area contributed by atoms with Crippen molar-refractivity contribution >= 4 is 17.3 Å². The molecular weight excluding hydrogens is 769 g/mol. The first kappa shape index (κ1) is 38.2. The van der Waals surface area contributed by atoms with Crippen LogP contribution < -0.4 is 0 Å². The number of allylic oxidation sites excluding steroid dienone is 1. The number of fused-ring (bicyclic) bond motifs is 2. The van der Waals surface area contributed by atoms with Crippen molar-refractivity contribution in [3.05, 3.63) is 35.6 Å². The van der Waals surface area contributed by atoms with Gasteiger partial charge in [-0.1, -0.05) is 40.9 Å². The molecule has 7 spiro atoms. The summed E-state index contributed by atoms with van der Waals surface area (Å²) in [6.45, 7) is 24.7. The van der Waals surface area contributed by atoms with E-state index in [0.717, 1.165) is 5.57 Å². The maximum Gasteiger partial charge on any atom is 0.213 e. The molecule has 0 radical (unpaired) electrons. The van der Waals surface area contributed by atoms with Crippen LogP contribution in [0.2, 0.25) is 0 Å². The van der Waals surface area contributed by atoms with E-state index in [9.17, 15) is 10.2 Å². The van der Waals surface area contributed by atoms with E-state index in [-0.39, 0.29) is 48.3 Å². The summed E-state index contributed by atoms with van der Waals surface area (Å²) in [5.41, 5.74) is -5.61. The van der Waals surface area contributed by atoms with Crippen LogP contribution >= 0.6 is 0 Å². The van der Waals surface area contributed by atoms with Gasteiger partial charge in [0.1, 0.15) is 28.8 Å². The highest BCUT2D eigenvalue weighted by Crippen LogP contribution is 2.83. The van der Waals surface area contributed by atoms with Gasteiger partial charge in [-0.15, -0.1) is 0 Å². The minimum absolute atomic E-state index is 0.0192. The van der Waals surface area contributed by atoms with Crippen molar-refractivity contribution in [2.75, 3.05) is 13.2 Å². The van der Waals surface area contributed by atoms with E-state index in [1.54, 1.807) is 13.8 Å². The van der Waals surface area contributed by atoms with Gasteiger partial charge >= 0.3 is 0 Å². The van der Waals surface area contributed by atoms with E-state index in [1.807, 2.05) is 13.8 Å². The lowest BCUT2D eigenvalue weighted by atomic mass is 9.33. The van der Waals surface area contributed by atoms with Crippen LogP contribution in [0.15, 0.2) is 35.6 Å². The second kappa shape index (κ2) is 10.1. The van der Waals surface area contributed by atoms with Gasteiger partial charge in [-0.25, -0.2) is 0 Å². The fourth-order valence-corrected chi connectivity index (χ4v) is 19.1. The van der Waals surface area contributed by atoms with Crippen LogP contribution in [0.3, 0.4) is 0 Å². The standard InChI is InChI=1S/C48H60O12/c1-21-24-11-13-26-43-19-54-47(45(26,30(21)49)35(24)56-40(7,8)59-47)32(51)28(43)38(3,4)17-23-15-16-42(58-34(23)43)18-39(5,6)29-33(52)48-46-27(44(29,20-55-48)37(42)53)14-12-25(22(2)31(46)50)36(46)57-41(9,10)60-48/h24-29,32-33,35-36,51-52H,1-2,11-20H2,3-10H3/t24-,25-,26-,27-,28+,29+,32-,33-,35+,36+,42+,43-,44-,45-,46-,47?,48?/m0/s1. The highest BCUT2D eigenvalue weighted by molar-refractivity contribution is 6.07. The Morgan fingerprint density at radius 2 is 1.13 bits per heavy atom. The molecule has 13 fully saturated rings. The Labute approximate surface area is 351 Å². The average Bonchev–Trinajstić information content (AvgIpc) is 3.34. The minimum atomic E-state index is -1.71. The van der Waals surface area contributed by atoms with Crippen molar-refractivity contribution in [2.45, 2.75) is 160 Å². The van der Waals surface area contributed by atoms with Crippen molar-refractivity contribution in [1.29, 1.82) is 0 Å². The summed E-state index contributed by atoms with van der Waals surface area (Å²) >= 11 is 0. The maximum atomic E-state index is 16.5. The summed E-state index contributed by atoms with van der Waals surface area (Å²) in [5, 5.41) is 26.1. The molecule has 0 amide bonds. The molecule has 7 aliphatic heterocycles. The number of ketones is 3. The van der Waals surface area contributed by atoms with E-state index in [0.29, 0.717) is 68.3 Å². The van der Waals surface area contributed by atoms with Gasteiger partial charge in [0.25, 0.3) is 0 Å². The first-order valence-electron chi connectivity index (χ1n) is 22.8. The summed E-state index contributed by atoms with van der Waals surface area (Å²) < 4.78 is 48.8. The molecule has 15 aliphatic rings. The molecule has 0 aromatic rings. The topological polar surface area (TPSA) is 156 Å². The molecule has 2 N–H and O–H groups in total. The number of hydrogen-bond acceptors (Lipinski definition) is 12. The molecule has 8 aliphatic carbocycles. The number of Topliss-reactive ketones (excluding diaryl/α,β-unsaturated/α-hetero) is 3. The van der Waals surface area contributed by atoms with Crippen LogP contribution in [0.1, 0.15) is 107 Å². The number of carbonyl (C=O) groups is 3. The van der Waals surface area contributed by atoms with E-state index >= 15 is 14.4 Å². The number of aliphatic hydroxyl groups excluding tert-OH is 2. The monoisotopic (exact) mass is 828 g/mol. The number of ether oxygens (including phenoxy) is 7. The van der Waals surface area contributed by atoms with Gasteiger partial charge in [-0.05, 0) is 118 Å². The van der Waals surface area contributed by atoms with Crippen molar-refractivity contribution in [3.63, 3.8) is 0 Å². The molecule has 15 rings (SSSR count). The summed E-state index contributed by atoms with van der Waals surface area (Å²) in [6.07, 6.45) is 0.649. The summed E-state index contributed by atoms with van der Waals surface area (Å²) in [4.78, 5) is 46.6. The molecule has 6 saturated heterocycles. The molecule has 2 unspecified atom stereocenters. The van der Waals surface area contributed by atoms with Gasteiger partial charge in [0, 0.05) is 23.7 Å². The molecule has 60 heavy (non-hydrogen) atoms. The largest absolute Gasteiger partial charge is 0.483 e. The zero-order valence-electron chi connectivity index (χ0n) is 36.2. The highest BCUT2D eigenvalue weighted by atomic mass is 16.8. The molecule has 8 bridgehead atoms. The SMILES string of the molecule is C=C1C(=O)[C@@]23[C@@H]4OC(C)(C)OC25OC[C@]2(C(=O)[C@@]6(CCC7=C(O6)[C@@]68COC9(OC(C)(C)O[C@@H]%10[C@H]%11CC[C@@H]6[C@]%109C(=O)C%11=C)[C@@H](O)[C@@H]8C(C)(C)C7)CC(C)(C)[C@H]2[C@@H]5O)[C@@H]3CC[C@@H]14. The van der Waals surface area contributed by atoms with Gasteiger partial charge in [-0.3, -0.25) is 14.4 Å². The smallest absolute Gasteiger partial charge is 0.213 e. The number of rotatable bonds is 0. The quantitative estimate of drug-likeness (QED) is 0.307. The van der Waals surface area contributed by atoms with Crippen molar-refractivity contribution in [3.8, 4) is 0 Å². The Morgan fingerprint density at radius 1 is 0.650 bits per heavy atom. The molecule has 0 aromatic heterocycles. The molecule has 12 heteroatoms. The molecule has 0 aromatic carbocycles. The third kappa shape index (κ3) is 3.39. The third-order valence-corrected chi connectivity index (χ3v) is 19.9. The normalized spacial score (nSPS) is 58.3. The van der Waals surface area contributed by atoms with E-state index < -0.39 is 103 Å². The Kier molecular flexibility index (Phi) is 6.46. The first-order valence-corrected chi connectivity index (χ1v) is 22.8. The van der Waals surface area contributed by atoms with Crippen LogP contribution in [0, 0.1) is 68.0 Å². The molecule has 12 nitrogen and oxygen atoms in total. The second-order valence-corrected chi connectivity index (χ2v) is 24.0. The fraction of sp³-hybridized carbons (Fsp3) is 0.812. The zero-order valence-corrected chi connectivity index (χ0v) is 36.2. The van der Waals surface area contributed by atoms with E-state index in [2.05, 4.69) is 40.9 Å². The number of hydrogen-bond donors (Lipinski definition) is 2. The van der Waals surface area contributed by atoms with Gasteiger partial charge in [0.2, 0.25) is 11.6 Å². The fourth-order valence-electron chi connectivity index (χ4n) is 19.1. The number of carbonyl (C=O) groups excluding carboxylic acids is 3. The maximum absolute atomic E-state index is 16.5. The predicted molar refractivity (Wildman–Crippen MR) is 209 cm³/mol. The Hall–Kier alpha value is -2.29. The third-order valence-electron chi connectivity index (χ3n) is 19.9. The van der Waals surface area contributed by atoms with Crippen LogP contribution in [-0.4, -0.2) is 93.9 Å². The Bertz CT molecular complexity index is 2240. The van der Waals surface area contributed by atoms with Crippen LogP contribution in [-0.2, 0) is 47.5 Å². The zero-order chi connectivity index (χ0) is 42.3. The molecule has 324 valence electrons. The van der Waals surface area contributed by atoms with Gasteiger partial charge in [-0.2, -0.15) is 0 Å². The van der Waals surface area contributed by atoms with Crippen LogP contribution in [0.25, 0.3) is 0 Å². The Morgan fingerprint density at radius 3 is 1.67 bits per heavy atom. The molecule has 7 heterocycles. The van der Waals surface area contributed by atoms with Crippen LogP contribution in [0.5, 0.6) is 0 Å². The molecular formula is C48H60O12. The van der Waals surface area contributed by atoms with Gasteiger partial charge in [0.05, 0.1) is 36.3 Å². The molecule has 17 atom stereocenters. The van der Waals surface area contributed by atoms with Crippen molar-refractivity contribution < 1.29 is 57.8 Å². The minimum Gasteiger partial charge on any atom is -0.483 e. The van der Waals surface area contributed by atoms with Crippen molar-refractivity contribution in [1.82, 2.24) is 0 Å². The summed E-state index contributed by atoms with van der Waals surface area (Å²) in [7, 11) is 0. The summed E-state index contributed by atoms with van der Waals surface area (Å²) in [6, 6.07) is 0. The Balaban J connectivity index is 0.996. The molecule has 7 saturated carbocycles. The highest BCUT2D eigenvalue weighted by Gasteiger charge is 2.93. The predicted octanol–water partition coefficient (Wildman–Crippen LogP) is 5.23. The average molecular weight is 829 g/mol. The second-order valence-electron chi connectivity index (χ2n) is 24.0. The van der Waals surface area contributed by atoms with Crippen LogP contribution in [0.4, 0.5) is 0 Å². The first-order chi connectivity index (χ1) is 27.9. The lowest BCUT2D eigenvalue weighted by Gasteiger charge is -2.78. The lowest BCUT2D eigenvalue weighted by Crippen LogP contribution is -2.90. The number of aliphatic hydroxyl groups is 2. The van der Waals surface area contributed by atoms with Gasteiger partial charge < -0.3 is 43.4 Å².